The standard InChI is InChI=1S/C18H23NO3/c1-17(2)13(8-10-18(17,3)16(21)22)15(20)19-11-9-12-6-4-5-7-14(12)19/h4-7,13H,8-11H2,1-3H3,(H,21,22)/t13-,18-/m0/s1. The zero-order valence-corrected chi connectivity index (χ0v) is 13.4. The summed E-state index contributed by atoms with van der Waals surface area (Å²) in [6.45, 7) is 6.34. The number of amides is 1. The Morgan fingerprint density at radius 3 is 2.55 bits per heavy atom. The zero-order valence-electron chi connectivity index (χ0n) is 13.4. The number of carboxylic acids is 1. The predicted molar refractivity (Wildman–Crippen MR) is 84.7 cm³/mol. The van der Waals surface area contributed by atoms with Crippen molar-refractivity contribution in [3.05, 3.63) is 29.8 Å². The summed E-state index contributed by atoms with van der Waals surface area (Å²) in [5.41, 5.74) is 0.805. The minimum atomic E-state index is -0.841. The van der Waals surface area contributed by atoms with Gasteiger partial charge in [-0.2, -0.15) is 0 Å². The van der Waals surface area contributed by atoms with E-state index in [-0.39, 0.29) is 11.8 Å². The van der Waals surface area contributed by atoms with Crippen LogP contribution >= 0.6 is 0 Å². The number of anilines is 1. The van der Waals surface area contributed by atoms with Crippen molar-refractivity contribution in [3.63, 3.8) is 0 Å². The fourth-order valence-electron chi connectivity index (χ4n) is 4.07. The van der Waals surface area contributed by atoms with Crippen LogP contribution in [0.2, 0.25) is 0 Å². The first-order valence-corrected chi connectivity index (χ1v) is 7.92. The number of carbonyl (C=O) groups is 2. The SMILES string of the molecule is CC1(C)[C@H](C(=O)N2CCc3ccccc32)CC[C@@]1(C)C(=O)O. The largest absolute Gasteiger partial charge is 0.481 e. The summed E-state index contributed by atoms with van der Waals surface area (Å²) in [4.78, 5) is 26.6. The Morgan fingerprint density at radius 2 is 1.91 bits per heavy atom. The van der Waals surface area contributed by atoms with Gasteiger partial charge in [-0.1, -0.05) is 32.0 Å². The van der Waals surface area contributed by atoms with Crippen LogP contribution in [-0.2, 0) is 16.0 Å². The number of fused-ring (bicyclic) bond motifs is 1. The van der Waals surface area contributed by atoms with Crippen LogP contribution in [0.5, 0.6) is 0 Å². The Labute approximate surface area is 131 Å². The van der Waals surface area contributed by atoms with Crippen molar-refractivity contribution < 1.29 is 14.7 Å². The molecule has 3 rings (SSSR count). The molecule has 2 aliphatic rings. The summed E-state index contributed by atoms with van der Waals surface area (Å²) >= 11 is 0. The molecule has 1 saturated carbocycles. The molecule has 1 amide bonds. The Hall–Kier alpha value is -1.84. The molecule has 1 heterocycles. The summed E-state index contributed by atoms with van der Waals surface area (Å²) in [7, 11) is 0. The second-order valence-electron chi connectivity index (χ2n) is 7.32. The number of nitrogens with zero attached hydrogens (tertiary/aromatic N) is 1. The van der Waals surface area contributed by atoms with E-state index >= 15 is 0 Å². The summed E-state index contributed by atoms with van der Waals surface area (Å²) in [6, 6.07) is 7.99. The first-order valence-electron chi connectivity index (χ1n) is 7.92. The lowest BCUT2D eigenvalue weighted by Gasteiger charge is -2.39. The van der Waals surface area contributed by atoms with Gasteiger partial charge in [-0.05, 0) is 43.2 Å². The number of aliphatic carboxylic acids is 1. The molecule has 0 bridgehead atoms. The molecule has 2 atom stereocenters. The van der Waals surface area contributed by atoms with Gasteiger partial charge in [0.1, 0.15) is 0 Å². The highest BCUT2D eigenvalue weighted by Crippen LogP contribution is 2.56. The van der Waals surface area contributed by atoms with E-state index in [1.54, 1.807) is 6.92 Å². The third-order valence-corrected chi connectivity index (χ3v) is 6.15. The fraction of sp³-hybridized carbons (Fsp3) is 0.556. The minimum Gasteiger partial charge on any atom is -0.481 e. The molecule has 1 N–H and O–H groups in total. The van der Waals surface area contributed by atoms with Crippen molar-refractivity contribution in [2.24, 2.45) is 16.7 Å². The smallest absolute Gasteiger partial charge is 0.309 e. The molecule has 1 aliphatic carbocycles. The van der Waals surface area contributed by atoms with Crippen LogP contribution in [0.1, 0.15) is 39.2 Å². The molecule has 4 nitrogen and oxygen atoms in total. The van der Waals surface area contributed by atoms with Crippen LogP contribution < -0.4 is 4.90 Å². The highest BCUT2D eigenvalue weighted by Gasteiger charge is 2.59. The van der Waals surface area contributed by atoms with Gasteiger partial charge in [-0.3, -0.25) is 9.59 Å². The molecule has 0 unspecified atom stereocenters. The van der Waals surface area contributed by atoms with E-state index in [0.717, 1.165) is 12.1 Å². The molecule has 0 radical (unpaired) electrons. The Balaban J connectivity index is 1.90. The lowest BCUT2D eigenvalue weighted by molar-refractivity contribution is -0.155. The molecule has 0 aromatic heterocycles. The Kier molecular flexibility index (Phi) is 3.31. The maximum absolute atomic E-state index is 13.1. The van der Waals surface area contributed by atoms with Crippen molar-refractivity contribution in [2.75, 3.05) is 11.4 Å². The molecular formula is C18H23NO3. The van der Waals surface area contributed by atoms with E-state index in [4.69, 9.17) is 0 Å². The van der Waals surface area contributed by atoms with Gasteiger partial charge in [0, 0.05) is 18.2 Å². The van der Waals surface area contributed by atoms with E-state index in [2.05, 4.69) is 6.07 Å². The summed E-state index contributed by atoms with van der Waals surface area (Å²) in [6.07, 6.45) is 2.08. The number of hydrogen-bond donors (Lipinski definition) is 1. The van der Waals surface area contributed by atoms with Crippen molar-refractivity contribution in [1.82, 2.24) is 0 Å². The summed E-state index contributed by atoms with van der Waals surface area (Å²) in [5, 5.41) is 9.61. The number of rotatable bonds is 2. The minimum absolute atomic E-state index is 0.0833. The predicted octanol–water partition coefficient (Wildman–Crippen LogP) is 3.10. The highest BCUT2D eigenvalue weighted by atomic mass is 16.4. The van der Waals surface area contributed by atoms with Gasteiger partial charge >= 0.3 is 5.97 Å². The second kappa shape index (κ2) is 4.83. The van der Waals surface area contributed by atoms with Crippen molar-refractivity contribution in [3.8, 4) is 0 Å². The van der Waals surface area contributed by atoms with Crippen LogP contribution in [0.4, 0.5) is 5.69 Å². The second-order valence-corrected chi connectivity index (χ2v) is 7.32. The lowest BCUT2D eigenvalue weighted by Crippen LogP contribution is -2.46. The molecule has 1 aromatic rings. The maximum atomic E-state index is 13.1. The van der Waals surface area contributed by atoms with E-state index in [1.807, 2.05) is 36.9 Å². The van der Waals surface area contributed by atoms with Crippen molar-refractivity contribution in [2.45, 2.75) is 40.0 Å². The number of hydrogen-bond acceptors (Lipinski definition) is 2. The van der Waals surface area contributed by atoms with Gasteiger partial charge in [0.05, 0.1) is 5.41 Å². The van der Waals surface area contributed by atoms with Crippen LogP contribution in [-0.4, -0.2) is 23.5 Å². The van der Waals surface area contributed by atoms with Gasteiger partial charge in [0.2, 0.25) is 5.91 Å². The van der Waals surface area contributed by atoms with Crippen LogP contribution in [0.25, 0.3) is 0 Å². The average Bonchev–Trinajstić information content (AvgIpc) is 2.99. The quantitative estimate of drug-likeness (QED) is 0.913. The number of carboxylic acid groups (broad SMARTS) is 1. The molecule has 22 heavy (non-hydrogen) atoms. The molecule has 4 heteroatoms. The maximum Gasteiger partial charge on any atom is 0.309 e. The van der Waals surface area contributed by atoms with Gasteiger partial charge in [0.15, 0.2) is 0 Å². The highest BCUT2D eigenvalue weighted by molar-refractivity contribution is 5.98. The molecule has 1 fully saturated rings. The van der Waals surface area contributed by atoms with Crippen LogP contribution in [0.3, 0.4) is 0 Å². The van der Waals surface area contributed by atoms with Crippen LogP contribution in [0, 0.1) is 16.7 Å². The van der Waals surface area contributed by atoms with Crippen molar-refractivity contribution >= 4 is 17.6 Å². The fourth-order valence-corrected chi connectivity index (χ4v) is 4.07. The van der Waals surface area contributed by atoms with Gasteiger partial charge in [-0.15, -0.1) is 0 Å². The third-order valence-electron chi connectivity index (χ3n) is 6.15. The average molecular weight is 301 g/mol. The van der Waals surface area contributed by atoms with E-state index in [0.29, 0.717) is 19.4 Å². The first kappa shape index (κ1) is 15.1. The molecule has 0 saturated heterocycles. The number of para-hydroxylation sites is 1. The number of benzene rings is 1. The monoisotopic (exact) mass is 301 g/mol. The summed E-state index contributed by atoms with van der Waals surface area (Å²) < 4.78 is 0. The zero-order chi connectivity index (χ0) is 16.1. The first-order chi connectivity index (χ1) is 10.3. The Bertz CT molecular complexity index is 637. The van der Waals surface area contributed by atoms with Gasteiger partial charge in [-0.25, -0.2) is 0 Å². The van der Waals surface area contributed by atoms with E-state index in [9.17, 15) is 14.7 Å². The topological polar surface area (TPSA) is 57.6 Å². The third kappa shape index (κ3) is 1.89. The Morgan fingerprint density at radius 1 is 1.23 bits per heavy atom. The lowest BCUT2D eigenvalue weighted by atomic mass is 9.65. The number of carbonyl (C=O) groups excluding carboxylic acids is 1. The van der Waals surface area contributed by atoms with E-state index in [1.165, 1.54) is 5.56 Å². The van der Waals surface area contributed by atoms with Gasteiger partial charge < -0.3 is 10.0 Å². The van der Waals surface area contributed by atoms with Crippen molar-refractivity contribution in [1.29, 1.82) is 0 Å². The molecule has 0 spiro atoms. The normalized spacial score (nSPS) is 29.4. The molecule has 118 valence electrons. The van der Waals surface area contributed by atoms with Gasteiger partial charge in [0.25, 0.3) is 0 Å². The molecular weight excluding hydrogens is 278 g/mol. The molecule has 1 aromatic carbocycles. The van der Waals surface area contributed by atoms with Crippen LogP contribution in [0.15, 0.2) is 24.3 Å². The molecule has 1 aliphatic heterocycles. The summed E-state index contributed by atoms with van der Waals surface area (Å²) in [5.74, 6) is -0.950. The van der Waals surface area contributed by atoms with E-state index < -0.39 is 16.8 Å².